The second-order valence-electron chi connectivity index (χ2n) is 6.56. The van der Waals surface area contributed by atoms with Crippen LogP contribution in [0.3, 0.4) is 0 Å². The fraction of sp³-hybridized carbons (Fsp3) is 0.722. The molecule has 0 bridgehead atoms. The summed E-state index contributed by atoms with van der Waals surface area (Å²) in [5.41, 5.74) is 0. The van der Waals surface area contributed by atoms with Gasteiger partial charge in [0.15, 0.2) is 0 Å². The molecule has 0 aliphatic carbocycles. The van der Waals surface area contributed by atoms with Crippen molar-refractivity contribution in [1.29, 1.82) is 0 Å². The summed E-state index contributed by atoms with van der Waals surface area (Å²) in [6.45, 7) is 9.11. The van der Waals surface area contributed by atoms with Gasteiger partial charge < -0.3 is 15.0 Å². The smallest absolute Gasteiger partial charge is 0.317 e. The maximum Gasteiger partial charge on any atom is 0.317 e. The monoisotopic (exact) mass is 353 g/mol. The van der Waals surface area contributed by atoms with Gasteiger partial charge in [0.05, 0.1) is 13.2 Å². The maximum atomic E-state index is 12.6. The number of aryl methyl sites for hydroxylation is 1. The number of carbonyl (C=O) groups is 1. The molecule has 0 radical (unpaired) electrons. The molecule has 1 N–H and O–H groups in total. The molecule has 1 aliphatic heterocycles. The van der Waals surface area contributed by atoms with Crippen LogP contribution in [-0.2, 0) is 11.3 Å². The molecule has 2 heterocycles. The standard InChI is InChI=1S/C18H31N3O2S/c1-15(20-9-5-4-6-10-20)13-19-18(22)21(11-12-23-3)14-17-8-7-16(2)24-17/h7-8,15H,4-6,9-14H2,1-3H3,(H,19,22)/t15-/m0/s1. The van der Waals surface area contributed by atoms with Crippen molar-refractivity contribution in [3.8, 4) is 0 Å². The van der Waals surface area contributed by atoms with E-state index in [2.05, 4.69) is 36.2 Å². The minimum atomic E-state index is 0.00182. The zero-order valence-corrected chi connectivity index (χ0v) is 16.0. The van der Waals surface area contributed by atoms with Crippen LogP contribution in [-0.4, -0.2) is 61.8 Å². The number of nitrogens with one attached hydrogen (secondary N) is 1. The molecule has 0 saturated carbocycles. The highest BCUT2D eigenvalue weighted by atomic mass is 32.1. The van der Waals surface area contributed by atoms with Crippen LogP contribution in [0.1, 0.15) is 35.9 Å². The van der Waals surface area contributed by atoms with Gasteiger partial charge in [0.1, 0.15) is 0 Å². The molecule has 1 aromatic heterocycles. The molecule has 1 atom stereocenters. The van der Waals surface area contributed by atoms with Crippen molar-refractivity contribution in [2.24, 2.45) is 0 Å². The Kier molecular flexibility index (Phi) is 8.02. The van der Waals surface area contributed by atoms with E-state index in [1.807, 2.05) is 4.90 Å². The fourth-order valence-corrected chi connectivity index (χ4v) is 3.95. The van der Waals surface area contributed by atoms with E-state index in [1.165, 1.54) is 29.0 Å². The SMILES string of the molecule is COCCN(Cc1ccc(C)s1)C(=O)NC[C@H](C)N1CCCCC1. The lowest BCUT2D eigenvalue weighted by atomic mass is 10.1. The van der Waals surface area contributed by atoms with Crippen LogP contribution in [0.4, 0.5) is 4.79 Å². The Morgan fingerprint density at radius 1 is 1.38 bits per heavy atom. The highest BCUT2D eigenvalue weighted by Gasteiger charge is 2.19. The molecule has 1 aliphatic rings. The van der Waals surface area contributed by atoms with Gasteiger partial charge >= 0.3 is 6.03 Å². The summed E-state index contributed by atoms with van der Waals surface area (Å²) in [4.78, 5) is 19.4. The number of thiophene rings is 1. The average molecular weight is 354 g/mol. The Bertz CT molecular complexity index is 500. The van der Waals surface area contributed by atoms with Gasteiger partial charge in [-0.15, -0.1) is 11.3 Å². The number of urea groups is 1. The van der Waals surface area contributed by atoms with Gasteiger partial charge in [-0.1, -0.05) is 6.42 Å². The zero-order valence-electron chi connectivity index (χ0n) is 15.2. The fourth-order valence-electron chi connectivity index (χ4n) is 3.05. The van der Waals surface area contributed by atoms with Crippen LogP contribution in [0.25, 0.3) is 0 Å². The lowest BCUT2D eigenvalue weighted by Crippen LogP contribution is -2.48. The van der Waals surface area contributed by atoms with Crippen molar-refractivity contribution in [3.05, 3.63) is 21.9 Å². The molecule has 5 nitrogen and oxygen atoms in total. The molecule has 0 aromatic carbocycles. The van der Waals surface area contributed by atoms with Crippen molar-refractivity contribution >= 4 is 17.4 Å². The van der Waals surface area contributed by atoms with Crippen molar-refractivity contribution in [2.75, 3.05) is 39.9 Å². The zero-order chi connectivity index (χ0) is 17.4. The lowest BCUT2D eigenvalue weighted by molar-refractivity contribution is 0.140. The van der Waals surface area contributed by atoms with Crippen LogP contribution in [0, 0.1) is 6.92 Å². The normalized spacial score (nSPS) is 16.8. The first kappa shape index (κ1) is 19.2. The highest BCUT2D eigenvalue weighted by molar-refractivity contribution is 7.11. The van der Waals surface area contributed by atoms with Gasteiger partial charge in [0.25, 0.3) is 0 Å². The van der Waals surface area contributed by atoms with Gasteiger partial charge in [-0.2, -0.15) is 0 Å². The van der Waals surface area contributed by atoms with Crippen LogP contribution in [0.15, 0.2) is 12.1 Å². The number of nitrogens with zero attached hydrogens (tertiary/aromatic N) is 2. The number of methoxy groups -OCH3 is 1. The van der Waals surface area contributed by atoms with E-state index in [4.69, 9.17) is 4.74 Å². The predicted molar refractivity (Wildman–Crippen MR) is 99.6 cm³/mol. The second-order valence-corrected chi connectivity index (χ2v) is 7.93. The molecule has 136 valence electrons. The number of likely N-dealkylation sites (tertiary alicyclic amines) is 1. The summed E-state index contributed by atoms with van der Waals surface area (Å²) in [6, 6.07) is 4.60. The first-order valence-electron chi connectivity index (χ1n) is 8.91. The van der Waals surface area contributed by atoms with E-state index in [1.54, 1.807) is 18.4 Å². The number of rotatable bonds is 8. The van der Waals surface area contributed by atoms with Gasteiger partial charge in [0.2, 0.25) is 0 Å². The van der Waals surface area contributed by atoms with Crippen molar-refractivity contribution in [1.82, 2.24) is 15.1 Å². The third-order valence-electron chi connectivity index (χ3n) is 4.56. The first-order chi connectivity index (χ1) is 11.6. The van der Waals surface area contributed by atoms with Crippen LogP contribution >= 0.6 is 11.3 Å². The summed E-state index contributed by atoms with van der Waals surface area (Å²) >= 11 is 1.74. The van der Waals surface area contributed by atoms with E-state index in [0.717, 1.165) is 13.1 Å². The third-order valence-corrected chi connectivity index (χ3v) is 5.54. The van der Waals surface area contributed by atoms with E-state index in [9.17, 15) is 4.79 Å². The summed E-state index contributed by atoms with van der Waals surface area (Å²) in [6.07, 6.45) is 3.88. The second kappa shape index (κ2) is 10.0. The number of ether oxygens (including phenoxy) is 1. The summed E-state index contributed by atoms with van der Waals surface area (Å²) in [5, 5.41) is 3.11. The number of carbonyl (C=O) groups excluding carboxylic acids is 1. The Morgan fingerprint density at radius 3 is 2.75 bits per heavy atom. The maximum absolute atomic E-state index is 12.6. The van der Waals surface area contributed by atoms with Gasteiger partial charge in [-0.25, -0.2) is 4.79 Å². The molecule has 0 spiro atoms. The molecule has 24 heavy (non-hydrogen) atoms. The molecule has 2 amide bonds. The first-order valence-corrected chi connectivity index (χ1v) is 9.73. The van der Waals surface area contributed by atoms with Crippen LogP contribution in [0.2, 0.25) is 0 Å². The number of hydrogen-bond donors (Lipinski definition) is 1. The van der Waals surface area contributed by atoms with E-state index in [0.29, 0.717) is 32.3 Å². The van der Waals surface area contributed by atoms with Gasteiger partial charge in [-0.3, -0.25) is 4.90 Å². The number of amides is 2. The molecular weight excluding hydrogens is 322 g/mol. The molecule has 1 fully saturated rings. The summed E-state index contributed by atoms with van der Waals surface area (Å²) < 4.78 is 5.16. The predicted octanol–water partition coefficient (Wildman–Crippen LogP) is 3.09. The molecule has 6 heteroatoms. The van der Waals surface area contributed by atoms with Crippen molar-refractivity contribution in [3.63, 3.8) is 0 Å². The summed E-state index contributed by atoms with van der Waals surface area (Å²) in [7, 11) is 1.67. The highest BCUT2D eigenvalue weighted by Crippen LogP contribution is 2.17. The molecule has 1 aromatic rings. The van der Waals surface area contributed by atoms with Crippen LogP contribution in [0.5, 0.6) is 0 Å². The molecule has 1 saturated heterocycles. The van der Waals surface area contributed by atoms with Crippen LogP contribution < -0.4 is 5.32 Å². The van der Waals surface area contributed by atoms with Gasteiger partial charge in [0, 0.05) is 36.0 Å². The third kappa shape index (κ3) is 6.07. The molecule has 0 unspecified atom stereocenters. The largest absolute Gasteiger partial charge is 0.383 e. The Hall–Kier alpha value is -1.11. The Balaban J connectivity index is 1.84. The number of piperidine rings is 1. The van der Waals surface area contributed by atoms with E-state index in [-0.39, 0.29) is 6.03 Å². The molecule has 2 rings (SSSR count). The lowest BCUT2D eigenvalue weighted by Gasteiger charge is -2.33. The number of hydrogen-bond acceptors (Lipinski definition) is 4. The molecular formula is C18H31N3O2S. The topological polar surface area (TPSA) is 44.8 Å². The van der Waals surface area contributed by atoms with E-state index < -0.39 is 0 Å². The van der Waals surface area contributed by atoms with Crippen molar-refractivity contribution in [2.45, 2.75) is 45.7 Å². The quantitative estimate of drug-likeness (QED) is 0.781. The average Bonchev–Trinajstić information content (AvgIpc) is 3.01. The van der Waals surface area contributed by atoms with Crippen molar-refractivity contribution < 1.29 is 9.53 Å². The Labute approximate surface area is 150 Å². The van der Waals surface area contributed by atoms with Gasteiger partial charge in [-0.05, 0) is 51.9 Å². The minimum Gasteiger partial charge on any atom is -0.383 e. The Morgan fingerprint density at radius 2 is 2.12 bits per heavy atom. The minimum absolute atomic E-state index is 0.00182. The summed E-state index contributed by atoms with van der Waals surface area (Å²) in [5.74, 6) is 0. The van der Waals surface area contributed by atoms with E-state index >= 15 is 0 Å².